The van der Waals surface area contributed by atoms with Crippen LogP contribution in [-0.4, -0.2) is 36.2 Å². The lowest BCUT2D eigenvalue weighted by Crippen LogP contribution is -2.26. The molecule has 20 heavy (non-hydrogen) atoms. The van der Waals surface area contributed by atoms with Crippen LogP contribution in [0.1, 0.15) is 55.9 Å². The van der Waals surface area contributed by atoms with Gasteiger partial charge in [0, 0.05) is 17.3 Å². The van der Waals surface area contributed by atoms with Gasteiger partial charge in [-0.2, -0.15) is 5.10 Å². The Hall–Kier alpha value is -0.880. The Bertz CT molecular complexity index is 579. The highest BCUT2D eigenvalue weighted by molar-refractivity contribution is 7.91. The molecule has 1 aromatic heterocycles. The van der Waals surface area contributed by atoms with E-state index in [1.165, 1.54) is 11.3 Å². The minimum atomic E-state index is -2.85. The van der Waals surface area contributed by atoms with Gasteiger partial charge in [-0.1, -0.05) is 6.92 Å². The molecular weight excluding hydrogens is 274 g/mol. The minimum absolute atomic E-state index is 0.0497. The lowest BCUT2D eigenvalue weighted by molar-refractivity contribution is 0.428. The van der Waals surface area contributed by atoms with Crippen LogP contribution in [0.5, 0.6) is 0 Å². The molecule has 0 saturated carbocycles. The molecule has 1 saturated heterocycles. The molecule has 3 rings (SSSR count). The molecule has 0 bridgehead atoms. The third-order valence-electron chi connectivity index (χ3n) is 4.41. The number of nitrogens with one attached hydrogen (secondary N) is 1. The van der Waals surface area contributed by atoms with Crippen molar-refractivity contribution in [1.82, 2.24) is 15.1 Å². The van der Waals surface area contributed by atoms with Crippen molar-refractivity contribution in [3.8, 4) is 0 Å². The number of hydrogen-bond acceptors (Lipinski definition) is 4. The van der Waals surface area contributed by atoms with Gasteiger partial charge in [-0.3, -0.25) is 4.68 Å². The zero-order valence-corrected chi connectivity index (χ0v) is 12.8. The van der Waals surface area contributed by atoms with Crippen molar-refractivity contribution in [2.45, 2.75) is 51.1 Å². The molecule has 0 aromatic carbocycles. The Kier molecular flexibility index (Phi) is 3.86. The van der Waals surface area contributed by atoms with Crippen molar-refractivity contribution >= 4 is 9.84 Å². The lowest BCUT2D eigenvalue weighted by atomic mass is 9.92. The zero-order chi connectivity index (χ0) is 14.2. The summed E-state index contributed by atoms with van der Waals surface area (Å²) in [4.78, 5) is 0. The summed E-state index contributed by atoms with van der Waals surface area (Å²) in [6.45, 7) is 3.19. The molecule has 1 N–H and O–H groups in total. The molecule has 0 radical (unpaired) electrons. The van der Waals surface area contributed by atoms with E-state index in [1.54, 1.807) is 0 Å². The fourth-order valence-corrected chi connectivity index (χ4v) is 5.09. The average Bonchev–Trinajstić information content (AvgIpc) is 2.99. The van der Waals surface area contributed by atoms with Crippen molar-refractivity contribution in [2.24, 2.45) is 0 Å². The number of rotatable bonds is 4. The number of sulfone groups is 1. The van der Waals surface area contributed by atoms with Crippen molar-refractivity contribution in [2.75, 3.05) is 18.1 Å². The quantitative estimate of drug-likeness (QED) is 0.917. The van der Waals surface area contributed by atoms with Crippen LogP contribution in [0.15, 0.2) is 6.20 Å². The van der Waals surface area contributed by atoms with Crippen LogP contribution in [0, 0.1) is 0 Å². The van der Waals surface area contributed by atoms with Gasteiger partial charge in [0.15, 0.2) is 9.84 Å². The predicted octanol–water partition coefficient (Wildman–Crippen LogP) is 1.62. The SMILES string of the molecule is CCCNC1CCCc2c1cnn2C1CCS(=O)(=O)C1. The fourth-order valence-electron chi connectivity index (χ4n) is 3.39. The largest absolute Gasteiger partial charge is 0.310 e. The molecule has 1 aliphatic carbocycles. The van der Waals surface area contributed by atoms with E-state index < -0.39 is 9.84 Å². The van der Waals surface area contributed by atoms with E-state index in [4.69, 9.17) is 0 Å². The van der Waals surface area contributed by atoms with Gasteiger partial charge in [0.25, 0.3) is 0 Å². The molecule has 2 unspecified atom stereocenters. The summed E-state index contributed by atoms with van der Waals surface area (Å²) in [5, 5.41) is 8.09. The van der Waals surface area contributed by atoms with Gasteiger partial charge in [-0.05, 0) is 38.6 Å². The summed E-state index contributed by atoms with van der Waals surface area (Å²) in [5.41, 5.74) is 2.54. The second-order valence-corrected chi connectivity index (χ2v) is 8.18. The van der Waals surface area contributed by atoms with Crippen LogP contribution >= 0.6 is 0 Å². The summed E-state index contributed by atoms with van der Waals surface area (Å²) >= 11 is 0. The molecule has 112 valence electrons. The van der Waals surface area contributed by atoms with Crippen LogP contribution in [0.2, 0.25) is 0 Å². The summed E-state index contributed by atoms with van der Waals surface area (Å²) < 4.78 is 25.3. The third kappa shape index (κ3) is 2.63. The maximum atomic E-state index is 11.7. The summed E-state index contributed by atoms with van der Waals surface area (Å²) in [6, 6.07) is 0.444. The molecule has 0 amide bonds. The van der Waals surface area contributed by atoms with Crippen molar-refractivity contribution in [3.63, 3.8) is 0 Å². The Balaban J connectivity index is 1.83. The molecule has 6 heteroatoms. The van der Waals surface area contributed by atoms with E-state index in [2.05, 4.69) is 17.3 Å². The van der Waals surface area contributed by atoms with Gasteiger partial charge in [-0.15, -0.1) is 0 Å². The lowest BCUT2D eigenvalue weighted by Gasteiger charge is -2.25. The molecule has 1 aliphatic heterocycles. The number of aromatic nitrogens is 2. The highest BCUT2D eigenvalue weighted by atomic mass is 32.2. The number of fused-ring (bicyclic) bond motifs is 1. The standard InChI is InChI=1S/C14H23N3O2S/c1-2-7-15-13-4-3-5-14-12(13)9-16-17(14)11-6-8-20(18,19)10-11/h9,11,13,15H,2-8,10H2,1H3. The van der Waals surface area contributed by atoms with Crippen LogP contribution in [0.4, 0.5) is 0 Å². The molecule has 2 heterocycles. The Morgan fingerprint density at radius 3 is 3.00 bits per heavy atom. The van der Waals surface area contributed by atoms with Crippen LogP contribution in [0.25, 0.3) is 0 Å². The van der Waals surface area contributed by atoms with Gasteiger partial charge in [0.1, 0.15) is 0 Å². The van der Waals surface area contributed by atoms with E-state index in [1.807, 2.05) is 10.9 Å². The second-order valence-electron chi connectivity index (χ2n) is 5.95. The highest BCUT2D eigenvalue weighted by Crippen LogP contribution is 2.33. The maximum absolute atomic E-state index is 11.7. The van der Waals surface area contributed by atoms with Crippen molar-refractivity contribution in [3.05, 3.63) is 17.5 Å². The molecule has 1 fully saturated rings. The van der Waals surface area contributed by atoms with E-state index in [9.17, 15) is 8.42 Å². The number of nitrogens with zero attached hydrogens (tertiary/aromatic N) is 2. The first-order chi connectivity index (χ1) is 9.61. The van der Waals surface area contributed by atoms with Gasteiger partial charge in [0.2, 0.25) is 0 Å². The summed E-state index contributed by atoms with van der Waals surface area (Å²) in [7, 11) is -2.85. The number of hydrogen-bond donors (Lipinski definition) is 1. The monoisotopic (exact) mass is 297 g/mol. The van der Waals surface area contributed by atoms with Gasteiger partial charge in [-0.25, -0.2) is 8.42 Å². The Morgan fingerprint density at radius 2 is 2.30 bits per heavy atom. The zero-order valence-electron chi connectivity index (χ0n) is 12.0. The predicted molar refractivity (Wildman–Crippen MR) is 78.5 cm³/mol. The van der Waals surface area contributed by atoms with Crippen LogP contribution in [0.3, 0.4) is 0 Å². The van der Waals surface area contributed by atoms with Crippen LogP contribution < -0.4 is 5.32 Å². The maximum Gasteiger partial charge on any atom is 0.152 e. The minimum Gasteiger partial charge on any atom is -0.310 e. The Morgan fingerprint density at radius 1 is 1.45 bits per heavy atom. The molecule has 0 spiro atoms. The second kappa shape index (κ2) is 5.48. The van der Waals surface area contributed by atoms with Gasteiger partial charge >= 0.3 is 0 Å². The first kappa shape index (κ1) is 14.1. The van der Waals surface area contributed by atoms with E-state index in [0.717, 1.165) is 32.2 Å². The molecule has 2 atom stereocenters. The smallest absolute Gasteiger partial charge is 0.152 e. The topological polar surface area (TPSA) is 64.0 Å². The summed E-state index contributed by atoms with van der Waals surface area (Å²) in [6.07, 6.45) is 7.12. The average molecular weight is 297 g/mol. The highest BCUT2D eigenvalue weighted by Gasteiger charge is 2.33. The van der Waals surface area contributed by atoms with E-state index in [0.29, 0.717) is 18.2 Å². The molecule has 2 aliphatic rings. The normalized spacial score (nSPS) is 28.4. The van der Waals surface area contributed by atoms with Crippen molar-refractivity contribution in [1.29, 1.82) is 0 Å². The molecule has 1 aromatic rings. The summed E-state index contributed by atoms with van der Waals surface area (Å²) in [5.74, 6) is 0.567. The Labute approximate surface area is 120 Å². The van der Waals surface area contributed by atoms with Crippen LogP contribution in [-0.2, 0) is 16.3 Å². The van der Waals surface area contributed by atoms with E-state index >= 15 is 0 Å². The van der Waals surface area contributed by atoms with Crippen molar-refractivity contribution < 1.29 is 8.42 Å². The first-order valence-electron chi connectivity index (χ1n) is 7.61. The van der Waals surface area contributed by atoms with E-state index in [-0.39, 0.29) is 11.8 Å². The molecular formula is C14H23N3O2S. The third-order valence-corrected chi connectivity index (χ3v) is 6.16. The van der Waals surface area contributed by atoms with Gasteiger partial charge < -0.3 is 5.32 Å². The van der Waals surface area contributed by atoms with Gasteiger partial charge in [0.05, 0.1) is 23.7 Å². The molecule has 5 nitrogen and oxygen atoms in total. The first-order valence-corrected chi connectivity index (χ1v) is 9.43. The fraction of sp³-hybridized carbons (Fsp3) is 0.786.